The summed E-state index contributed by atoms with van der Waals surface area (Å²) >= 11 is 0. The molecule has 0 atom stereocenters. The molecule has 0 saturated carbocycles. The fourth-order valence-corrected chi connectivity index (χ4v) is 1.66. The molecule has 0 spiro atoms. The molecule has 110 valence electrons. The number of rotatable bonds is 7. The summed E-state index contributed by atoms with van der Waals surface area (Å²) in [5, 5.41) is 8.77. The van der Waals surface area contributed by atoms with Crippen molar-refractivity contribution in [2.75, 3.05) is 13.2 Å². The second-order valence-electron chi connectivity index (χ2n) is 4.33. The third-order valence-corrected chi connectivity index (χ3v) is 2.74. The zero-order valence-electron chi connectivity index (χ0n) is 11.3. The first kappa shape index (κ1) is 14.8. The molecule has 4 nitrogen and oxygen atoms in total. The molecule has 0 radical (unpaired) electrons. The maximum Gasteiger partial charge on any atom is 0.335 e. The summed E-state index contributed by atoms with van der Waals surface area (Å²) in [7, 11) is 0. The van der Waals surface area contributed by atoms with Crippen LogP contribution < -0.4 is 9.47 Å². The van der Waals surface area contributed by atoms with E-state index in [-0.39, 0.29) is 11.4 Å². The molecule has 0 aromatic heterocycles. The highest BCUT2D eigenvalue weighted by atomic mass is 19.1. The standard InChI is InChI=1S/C16H15FO4/c17-13-4-8-15(9-5-13)21-11-1-10-20-14-6-2-12(3-7-14)16(18)19/h2-9H,1,10-11H2,(H,18,19). The van der Waals surface area contributed by atoms with Crippen LogP contribution >= 0.6 is 0 Å². The monoisotopic (exact) mass is 290 g/mol. The lowest BCUT2D eigenvalue weighted by atomic mass is 10.2. The van der Waals surface area contributed by atoms with Gasteiger partial charge in [0.2, 0.25) is 0 Å². The molecule has 0 amide bonds. The van der Waals surface area contributed by atoms with Gasteiger partial charge in [0.1, 0.15) is 17.3 Å². The van der Waals surface area contributed by atoms with Crippen LogP contribution in [0.15, 0.2) is 48.5 Å². The molecule has 0 saturated heterocycles. The van der Waals surface area contributed by atoms with Crippen molar-refractivity contribution in [3.63, 3.8) is 0 Å². The molecular formula is C16H15FO4. The fourth-order valence-electron chi connectivity index (χ4n) is 1.66. The van der Waals surface area contributed by atoms with Crippen molar-refractivity contribution >= 4 is 5.97 Å². The molecule has 0 aliphatic carbocycles. The van der Waals surface area contributed by atoms with Crippen molar-refractivity contribution in [3.05, 3.63) is 59.9 Å². The Labute approximate surface area is 121 Å². The predicted molar refractivity (Wildman–Crippen MR) is 75.4 cm³/mol. The second kappa shape index (κ2) is 7.28. The van der Waals surface area contributed by atoms with Crippen molar-refractivity contribution < 1.29 is 23.8 Å². The molecular weight excluding hydrogens is 275 g/mol. The van der Waals surface area contributed by atoms with Gasteiger partial charge >= 0.3 is 5.97 Å². The summed E-state index contributed by atoms with van der Waals surface area (Å²) in [5.74, 6) is -0.0336. The lowest BCUT2D eigenvalue weighted by molar-refractivity contribution is 0.0697. The molecule has 0 fully saturated rings. The summed E-state index contributed by atoms with van der Waals surface area (Å²) in [6.07, 6.45) is 0.665. The molecule has 5 heteroatoms. The van der Waals surface area contributed by atoms with Gasteiger partial charge in [-0.15, -0.1) is 0 Å². The van der Waals surface area contributed by atoms with Crippen LogP contribution in [0.5, 0.6) is 11.5 Å². The molecule has 0 unspecified atom stereocenters. The average Bonchev–Trinajstić information content (AvgIpc) is 2.49. The van der Waals surface area contributed by atoms with Gasteiger partial charge in [-0.3, -0.25) is 0 Å². The topological polar surface area (TPSA) is 55.8 Å². The zero-order chi connectivity index (χ0) is 15.1. The van der Waals surface area contributed by atoms with Crippen LogP contribution in [0.4, 0.5) is 4.39 Å². The summed E-state index contributed by atoms with van der Waals surface area (Å²) in [6.45, 7) is 0.909. The van der Waals surface area contributed by atoms with Crippen molar-refractivity contribution in [2.45, 2.75) is 6.42 Å². The minimum absolute atomic E-state index is 0.224. The average molecular weight is 290 g/mol. The van der Waals surface area contributed by atoms with E-state index in [1.807, 2.05) is 0 Å². The number of halogens is 1. The first-order valence-corrected chi connectivity index (χ1v) is 6.50. The van der Waals surface area contributed by atoms with Gasteiger partial charge in [-0.2, -0.15) is 0 Å². The Balaban J connectivity index is 1.67. The van der Waals surface area contributed by atoms with E-state index in [1.165, 1.54) is 24.3 Å². The Hall–Kier alpha value is -2.56. The number of hydrogen-bond donors (Lipinski definition) is 1. The van der Waals surface area contributed by atoms with Gasteiger partial charge in [-0.05, 0) is 48.5 Å². The van der Waals surface area contributed by atoms with E-state index in [0.717, 1.165) is 0 Å². The van der Waals surface area contributed by atoms with Gasteiger partial charge < -0.3 is 14.6 Å². The van der Waals surface area contributed by atoms with Crippen LogP contribution in [0, 0.1) is 5.82 Å². The van der Waals surface area contributed by atoms with Gasteiger partial charge in [0, 0.05) is 6.42 Å². The number of carbonyl (C=O) groups is 1. The minimum Gasteiger partial charge on any atom is -0.493 e. The van der Waals surface area contributed by atoms with Gasteiger partial charge in [0.25, 0.3) is 0 Å². The highest BCUT2D eigenvalue weighted by Crippen LogP contribution is 2.13. The van der Waals surface area contributed by atoms with E-state index in [2.05, 4.69) is 0 Å². The first-order chi connectivity index (χ1) is 10.1. The van der Waals surface area contributed by atoms with E-state index in [4.69, 9.17) is 14.6 Å². The van der Waals surface area contributed by atoms with Crippen LogP contribution in [0.25, 0.3) is 0 Å². The highest BCUT2D eigenvalue weighted by molar-refractivity contribution is 5.87. The van der Waals surface area contributed by atoms with Gasteiger partial charge in [0.15, 0.2) is 0 Å². The van der Waals surface area contributed by atoms with Crippen LogP contribution in [0.3, 0.4) is 0 Å². The van der Waals surface area contributed by atoms with Crippen LogP contribution in [0.1, 0.15) is 16.8 Å². The van der Waals surface area contributed by atoms with E-state index >= 15 is 0 Å². The Morgan fingerprint density at radius 1 is 0.905 bits per heavy atom. The SMILES string of the molecule is O=C(O)c1ccc(OCCCOc2ccc(F)cc2)cc1. The highest BCUT2D eigenvalue weighted by Gasteiger charge is 2.02. The third-order valence-electron chi connectivity index (χ3n) is 2.74. The summed E-state index contributed by atoms with van der Waals surface area (Å²) < 4.78 is 23.6. The molecule has 1 N–H and O–H groups in total. The number of aromatic carboxylic acids is 1. The Morgan fingerprint density at radius 2 is 1.38 bits per heavy atom. The molecule has 0 aliphatic heterocycles. The fraction of sp³-hybridized carbons (Fsp3) is 0.188. The smallest absolute Gasteiger partial charge is 0.335 e. The van der Waals surface area contributed by atoms with Crippen molar-refractivity contribution in [2.24, 2.45) is 0 Å². The number of hydrogen-bond acceptors (Lipinski definition) is 3. The summed E-state index contributed by atoms with van der Waals surface area (Å²) in [5.41, 5.74) is 0.224. The Morgan fingerprint density at radius 3 is 1.86 bits per heavy atom. The van der Waals surface area contributed by atoms with Crippen molar-refractivity contribution in [1.82, 2.24) is 0 Å². The number of benzene rings is 2. The molecule has 2 aromatic rings. The Bertz CT molecular complexity index is 578. The van der Waals surface area contributed by atoms with Crippen molar-refractivity contribution in [3.8, 4) is 11.5 Å². The molecule has 21 heavy (non-hydrogen) atoms. The maximum atomic E-state index is 12.7. The van der Waals surface area contributed by atoms with E-state index in [0.29, 0.717) is 31.1 Å². The van der Waals surface area contributed by atoms with Crippen LogP contribution in [-0.2, 0) is 0 Å². The quantitative estimate of drug-likeness (QED) is 0.794. The second-order valence-corrected chi connectivity index (χ2v) is 4.33. The molecule has 0 heterocycles. The first-order valence-electron chi connectivity index (χ1n) is 6.50. The minimum atomic E-state index is -0.964. The van der Waals surface area contributed by atoms with Gasteiger partial charge in [-0.25, -0.2) is 9.18 Å². The van der Waals surface area contributed by atoms with E-state index < -0.39 is 5.97 Å². The lowest BCUT2D eigenvalue weighted by Gasteiger charge is -2.08. The largest absolute Gasteiger partial charge is 0.493 e. The molecule has 2 aromatic carbocycles. The predicted octanol–water partition coefficient (Wildman–Crippen LogP) is 3.37. The number of carboxylic acids is 1. The van der Waals surface area contributed by atoms with Gasteiger partial charge in [-0.1, -0.05) is 0 Å². The molecule has 0 aliphatic rings. The normalized spacial score (nSPS) is 10.1. The Kier molecular flexibility index (Phi) is 5.15. The van der Waals surface area contributed by atoms with E-state index in [9.17, 15) is 9.18 Å². The molecule has 0 bridgehead atoms. The zero-order valence-corrected chi connectivity index (χ0v) is 11.3. The molecule has 2 rings (SSSR count). The third kappa shape index (κ3) is 4.80. The summed E-state index contributed by atoms with van der Waals surface area (Å²) in [6, 6.07) is 12.0. The van der Waals surface area contributed by atoms with Gasteiger partial charge in [0.05, 0.1) is 18.8 Å². The summed E-state index contributed by atoms with van der Waals surface area (Å²) in [4.78, 5) is 10.7. The van der Waals surface area contributed by atoms with Crippen molar-refractivity contribution in [1.29, 1.82) is 0 Å². The number of ether oxygens (including phenoxy) is 2. The maximum absolute atomic E-state index is 12.7. The number of carboxylic acid groups (broad SMARTS) is 1. The van der Waals surface area contributed by atoms with Crippen LogP contribution in [0.2, 0.25) is 0 Å². The van der Waals surface area contributed by atoms with Crippen LogP contribution in [-0.4, -0.2) is 24.3 Å². The van der Waals surface area contributed by atoms with E-state index in [1.54, 1.807) is 24.3 Å². The lowest BCUT2D eigenvalue weighted by Crippen LogP contribution is -2.05.